The minimum atomic E-state index is -1.31. The zero-order valence-corrected chi connectivity index (χ0v) is 34.2. The lowest BCUT2D eigenvalue weighted by molar-refractivity contribution is -0.148. The van der Waals surface area contributed by atoms with Gasteiger partial charge < -0.3 is 58.6 Å². The number of aromatic amines is 1. The van der Waals surface area contributed by atoms with Crippen LogP contribution in [0.2, 0.25) is 0 Å². The second kappa shape index (κ2) is 20.2. The van der Waals surface area contributed by atoms with Crippen LogP contribution >= 0.6 is 0 Å². The molecule has 0 aliphatic carbocycles. The number of hydrogen-bond acceptors (Lipinski definition) is 9. The Bertz CT molecular complexity index is 2120. The van der Waals surface area contributed by atoms with Crippen LogP contribution < -0.4 is 43.8 Å². The number of benzene rings is 2. The van der Waals surface area contributed by atoms with Gasteiger partial charge in [0.2, 0.25) is 41.4 Å². The number of carbonyl (C=O) groups is 7. The molecule has 3 fully saturated rings. The zero-order chi connectivity index (χ0) is 43.6. The first kappa shape index (κ1) is 44.1. The average molecular weight is 841 g/mol. The number of para-hydroxylation sites is 1. The second-order valence-electron chi connectivity index (χ2n) is 15.8. The van der Waals surface area contributed by atoms with Gasteiger partial charge in [0.05, 0.1) is 0 Å². The van der Waals surface area contributed by atoms with E-state index in [0.717, 1.165) is 16.5 Å². The largest absolute Gasteiger partial charge is 0.370 e. The van der Waals surface area contributed by atoms with Crippen LogP contribution in [0.3, 0.4) is 0 Å². The number of nitrogens with one attached hydrogen (secondary N) is 6. The van der Waals surface area contributed by atoms with E-state index in [1.54, 1.807) is 30.5 Å². The van der Waals surface area contributed by atoms with Crippen LogP contribution in [0.25, 0.3) is 10.9 Å². The summed E-state index contributed by atoms with van der Waals surface area (Å²) in [6.07, 6.45) is 3.77. The van der Waals surface area contributed by atoms with Crippen molar-refractivity contribution in [2.75, 3.05) is 26.2 Å². The number of hydrogen-bond donors (Lipinski definition) is 9. The van der Waals surface area contributed by atoms with Crippen molar-refractivity contribution in [1.82, 2.24) is 41.4 Å². The topological polar surface area (TPSA) is 292 Å². The molecule has 1 aromatic heterocycles. The minimum absolute atomic E-state index is 0.0288. The highest BCUT2D eigenvalue weighted by molar-refractivity contribution is 5.99. The van der Waals surface area contributed by atoms with Gasteiger partial charge in [0.1, 0.15) is 42.3 Å². The molecular formula is C42H56N12O7. The van der Waals surface area contributed by atoms with Crippen LogP contribution in [-0.4, -0.2) is 131 Å². The molecule has 4 heterocycles. The molecular weight excluding hydrogens is 785 g/mol. The SMILES string of the molecule is C[C@@H]1NC(=O)[C@H](CN)NC(=O)[C@H](Cc2c[nH]c3ccccc23)NC(=O)[C@H](CCCN=C(N)N)NC(=O)[C@@H](Cc2ccccc2)NC(=O)[C@@H]2CCCN2C(=O)[C@H]2CCCN2C1=O. The van der Waals surface area contributed by atoms with Crippen LogP contribution in [-0.2, 0) is 46.4 Å². The van der Waals surface area contributed by atoms with E-state index in [4.69, 9.17) is 17.2 Å². The number of guanidine groups is 1. The maximum absolute atomic E-state index is 14.4. The molecule has 12 N–H and O–H groups in total. The van der Waals surface area contributed by atoms with Gasteiger partial charge in [0.25, 0.3) is 0 Å². The normalized spacial score (nSPS) is 26.0. The van der Waals surface area contributed by atoms with Crippen LogP contribution in [0, 0.1) is 0 Å². The number of nitrogens with zero attached hydrogens (tertiary/aromatic N) is 3. The smallest absolute Gasteiger partial charge is 0.246 e. The first-order valence-electron chi connectivity index (χ1n) is 20.8. The summed E-state index contributed by atoms with van der Waals surface area (Å²) in [6, 6.07) is 8.51. The number of rotatable bonds is 9. The van der Waals surface area contributed by atoms with Crippen LogP contribution in [0.5, 0.6) is 0 Å². The molecule has 2 aromatic carbocycles. The Labute approximate surface area is 353 Å². The minimum Gasteiger partial charge on any atom is -0.370 e. The molecule has 3 aromatic rings. The molecule has 61 heavy (non-hydrogen) atoms. The van der Waals surface area contributed by atoms with Gasteiger partial charge in [-0.25, -0.2) is 0 Å². The number of aliphatic imine (C=N–C) groups is 1. The molecule has 0 unspecified atom stereocenters. The highest BCUT2D eigenvalue weighted by Gasteiger charge is 2.44. The van der Waals surface area contributed by atoms with Gasteiger partial charge in [0.15, 0.2) is 5.96 Å². The molecule has 3 saturated heterocycles. The zero-order valence-electron chi connectivity index (χ0n) is 34.2. The standard InChI is InChI=1S/C42H56N12O7/c1-24-40(60)54-19-9-16-34(54)41(61)53-18-8-15-33(53)39(59)51-30(20-25-10-3-2-4-11-25)36(56)49-29(14-7-17-46-42(44)45)35(55)50-31(37(57)52-32(22-43)38(58)48-24)21-26-23-47-28-13-6-5-12-27(26)28/h2-6,10-13,23-24,29-34,47H,7-9,14-22,43H2,1H3,(H,48,58)(H,49,56)(H,50,55)(H,51,59)(H,52,57)(H4,44,45,46)/t24-,29-,30+,31-,32-,33-,34+/m0/s1. The van der Waals surface area contributed by atoms with E-state index < -0.39 is 83.6 Å². The van der Waals surface area contributed by atoms with Crippen molar-refractivity contribution in [3.8, 4) is 0 Å². The van der Waals surface area contributed by atoms with Crippen molar-refractivity contribution in [2.24, 2.45) is 22.2 Å². The van der Waals surface area contributed by atoms with E-state index in [-0.39, 0.29) is 57.8 Å². The summed E-state index contributed by atoms with van der Waals surface area (Å²) in [6.45, 7) is 1.80. The van der Waals surface area contributed by atoms with E-state index in [0.29, 0.717) is 31.2 Å². The third kappa shape index (κ3) is 10.8. The summed E-state index contributed by atoms with van der Waals surface area (Å²) in [7, 11) is 0. The summed E-state index contributed by atoms with van der Waals surface area (Å²) in [4.78, 5) is 109. The summed E-state index contributed by atoms with van der Waals surface area (Å²) in [5, 5.41) is 14.6. The lowest BCUT2D eigenvalue weighted by atomic mass is 10.0. The van der Waals surface area contributed by atoms with Gasteiger partial charge in [-0.3, -0.25) is 38.6 Å². The van der Waals surface area contributed by atoms with Crippen molar-refractivity contribution in [3.05, 3.63) is 71.9 Å². The van der Waals surface area contributed by atoms with Crippen molar-refractivity contribution >= 4 is 58.2 Å². The quantitative estimate of drug-likeness (QED) is 0.0676. The summed E-state index contributed by atoms with van der Waals surface area (Å²) in [5.74, 6) is -4.52. The molecule has 3 aliphatic heterocycles. The molecule has 7 amide bonds. The highest BCUT2D eigenvalue weighted by atomic mass is 16.2. The van der Waals surface area contributed by atoms with Gasteiger partial charge in [0, 0.05) is 56.1 Å². The average Bonchev–Trinajstić information content (AvgIpc) is 4.03. The molecule has 0 spiro atoms. The summed E-state index contributed by atoms with van der Waals surface area (Å²) < 4.78 is 0. The molecule has 326 valence electrons. The van der Waals surface area contributed by atoms with Crippen LogP contribution in [0.1, 0.15) is 56.6 Å². The summed E-state index contributed by atoms with van der Waals surface area (Å²) >= 11 is 0. The van der Waals surface area contributed by atoms with Gasteiger partial charge in [-0.2, -0.15) is 0 Å². The maximum atomic E-state index is 14.4. The second-order valence-corrected chi connectivity index (χ2v) is 15.8. The number of nitrogens with two attached hydrogens (primary N) is 3. The third-order valence-corrected chi connectivity index (χ3v) is 11.5. The number of aromatic nitrogens is 1. The number of amides is 7. The maximum Gasteiger partial charge on any atom is 0.246 e. The van der Waals surface area contributed by atoms with Gasteiger partial charge in [-0.05, 0) is 62.6 Å². The highest BCUT2D eigenvalue weighted by Crippen LogP contribution is 2.26. The Hall–Kier alpha value is -6.50. The molecule has 3 aliphatic rings. The monoisotopic (exact) mass is 840 g/mol. The van der Waals surface area contributed by atoms with Crippen LogP contribution in [0.15, 0.2) is 65.8 Å². The fraction of sp³-hybridized carbons (Fsp3) is 0.476. The molecule has 0 saturated carbocycles. The summed E-state index contributed by atoms with van der Waals surface area (Å²) in [5.41, 5.74) is 19.3. The van der Waals surface area contributed by atoms with E-state index >= 15 is 0 Å². The van der Waals surface area contributed by atoms with Crippen molar-refractivity contribution in [2.45, 2.75) is 101 Å². The Morgan fingerprint density at radius 2 is 1.25 bits per heavy atom. The molecule has 19 nitrogen and oxygen atoms in total. The van der Waals surface area contributed by atoms with Gasteiger partial charge in [-0.1, -0.05) is 48.5 Å². The molecule has 0 bridgehead atoms. The number of fused-ring (bicyclic) bond motifs is 3. The van der Waals surface area contributed by atoms with Gasteiger partial charge in [-0.15, -0.1) is 0 Å². The first-order valence-corrected chi connectivity index (χ1v) is 20.8. The fourth-order valence-electron chi connectivity index (χ4n) is 8.28. The Morgan fingerprint density at radius 3 is 1.95 bits per heavy atom. The van der Waals surface area contributed by atoms with E-state index in [2.05, 4.69) is 36.6 Å². The van der Waals surface area contributed by atoms with Crippen molar-refractivity contribution < 1.29 is 33.6 Å². The van der Waals surface area contributed by atoms with E-state index in [1.807, 2.05) is 30.3 Å². The molecule has 7 atom stereocenters. The lowest BCUT2D eigenvalue weighted by Gasteiger charge is -2.33. The predicted octanol–water partition coefficient (Wildman–Crippen LogP) is -1.60. The Morgan fingerprint density at radius 1 is 0.672 bits per heavy atom. The predicted molar refractivity (Wildman–Crippen MR) is 226 cm³/mol. The van der Waals surface area contributed by atoms with Crippen molar-refractivity contribution in [1.29, 1.82) is 0 Å². The lowest BCUT2D eigenvalue weighted by Crippen LogP contribution is -2.60. The molecule has 0 radical (unpaired) electrons. The van der Waals surface area contributed by atoms with E-state index in [9.17, 15) is 33.6 Å². The fourth-order valence-corrected chi connectivity index (χ4v) is 8.28. The first-order chi connectivity index (χ1) is 29.3. The Balaban J connectivity index is 1.37. The molecule has 6 rings (SSSR count). The van der Waals surface area contributed by atoms with Crippen LogP contribution in [0.4, 0.5) is 0 Å². The van der Waals surface area contributed by atoms with E-state index in [1.165, 1.54) is 16.7 Å². The molecule has 19 heteroatoms. The van der Waals surface area contributed by atoms with Gasteiger partial charge >= 0.3 is 0 Å². The Kier molecular flexibility index (Phi) is 14.6. The number of H-pyrrole nitrogens is 1. The van der Waals surface area contributed by atoms with Crippen molar-refractivity contribution in [3.63, 3.8) is 0 Å². The number of carbonyl (C=O) groups excluding carboxylic acids is 7. The third-order valence-electron chi connectivity index (χ3n) is 11.5.